The summed E-state index contributed by atoms with van der Waals surface area (Å²) < 4.78 is 2.51. The molecule has 0 bridgehead atoms. The summed E-state index contributed by atoms with van der Waals surface area (Å²) in [5, 5.41) is 1.43. The number of benzene rings is 1. The van der Waals surface area contributed by atoms with E-state index < -0.39 is 0 Å². The maximum Gasteiger partial charge on any atom is 0.0529 e. The largest absolute Gasteiger partial charge is 0.319 e. The Morgan fingerprint density at radius 3 is 2.78 bits per heavy atom. The number of likely N-dealkylation sites (N-methyl/N-ethyl adjacent to an activating group) is 1. The van der Waals surface area contributed by atoms with Crippen LogP contribution in [-0.4, -0.2) is 27.5 Å². The topological polar surface area (TPSA) is 21.1 Å². The fraction of sp³-hybridized carbons (Fsp3) is 0.375. The van der Waals surface area contributed by atoms with Crippen LogP contribution in [-0.2, 0) is 6.54 Å². The number of nitrogens with zero attached hydrogens (tertiary/aromatic N) is 3. The summed E-state index contributed by atoms with van der Waals surface area (Å²) in [5.74, 6) is 0.646. The Labute approximate surface area is 161 Å². The molecule has 0 amide bonds. The van der Waals surface area contributed by atoms with Gasteiger partial charge in [0.25, 0.3) is 0 Å². The molecule has 27 heavy (non-hydrogen) atoms. The molecule has 1 aromatic carbocycles. The highest BCUT2D eigenvalue weighted by Crippen LogP contribution is 2.46. The number of hydrogen-bond donors (Lipinski definition) is 0. The van der Waals surface area contributed by atoms with Crippen molar-refractivity contribution >= 4 is 22.7 Å². The van der Waals surface area contributed by atoms with Crippen molar-refractivity contribution in [2.45, 2.75) is 51.6 Å². The van der Waals surface area contributed by atoms with Gasteiger partial charge >= 0.3 is 0 Å². The maximum absolute atomic E-state index is 4.17. The Hall–Kier alpha value is -2.39. The minimum atomic E-state index is 0.646. The highest BCUT2D eigenvalue weighted by Gasteiger charge is 2.39. The fourth-order valence-electron chi connectivity index (χ4n) is 5.26. The average molecular weight is 358 g/mol. The van der Waals surface area contributed by atoms with Crippen LogP contribution in [0, 0.1) is 6.92 Å². The highest BCUT2D eigenvalue weighted by molar-refractivity contribution is 5.90. The van der Waals surface area contributed by atoms with Crippen molar-refractivity contribution in [2.24, 2.45) is 0 Å². The van der Waals surface area contributed by atoms with Gasteiger partial charge in [0.1, 0.15) is 0 Å². The molecule has 3 heteroatoms. The summed E-state index contributed by atoms with van der Waals surface area (Å²) >= 11 is 0. The summed E-state index contributed by atoms with van der Waals surface area (Å²) in [6.45, 7) is 5.47. The van der Waals surface area contributed by atoms with Crippen LogP contribution in [0.25, 0.3) is 22.7 Å². The van der Waals surface area contributed by atoms with Crippen LogP contribution >= 0.6 is 0 Å². The van der Waals surface area contributed by atoms with Crippen molar-refractivity contribution in [3.8, 4) is 0 Å². The van der Waals surface area contributed by atoms with Gasteiger partial charge in [-0.15, -0.1) is 0 Å². The van der Waals surface area contributed by atoms with Gasteiger partial charge in [-0.25, -0.2) is 0 Å². The zero-order valence-corrected chi connectivity index (χ0v) is 16.4. The lowest BCUT2D eigenvalue weighted by atomic mass is 9.90. The highest BCUT2D eigenvalue weighted by atomic mass is 15.2. The van der Waals surface area contributed by atoms with E-state index in [1.165, 1.54) is 52.4 Å². The van der Waals surface area contributed by atoms with Crippen LogP contribution in [0.1, 0.15) is 54.5 Å². The fourth-order valence-corrected chi connectivity index (χ4v) is 5.26. The van der Waals surface area contributed by atoms with Crippen molar-refractivity contribution in [1.82, 2.24) is 14.5 Å². The second kappa shape index (κ2) is 6.35. The maximum atomic E-state index is 4.17. The minimum Gasteiger partial charge on any atom is -0.319 e. The second-order valence-electron chi connectivity index (χ2n) is 8.32. The first kappa shape index (κ1) is 16.8. The molecule has 1 saturated carbocycles. The van der Waals surface area contributed by atoms with Crippen molar-refractivity contribution in [2.75, 3.05) is 7.05 Å². The summed E-state index contributed by atoms with van der Waals surface area (Å²) in [6, 6.07) is 11.8. The normalized spacial score (nSPS) is 22.9. The Bertz CT molecular complexity index is 1030. The third kappa shape index (κ3) is 2.64. The average Bonchev–Trinajstić information content (AvgIpc) is 3.27. The quantitative estimate of drug-likeness (QED) is 0.608. The molecule has 1 fully saturated rings. The van der Waals surface area contributed by atoms with E-state index in [1.54, 1.807) is 5.69 Å². The molecular weight excluding hydrogens is 330 g/mol. The molecule has 0 radical (unpaired) electrons. The zero-order chi connectivity index (χ0) is 18.5. The predicted molar refractivity (Wildman–Crippen MR) is 113 cm³/mol. The molecule has 2 aliphatic rings. The molecule has 0 saturated heterocycles. The van der Waals surface area contributed by atoms with E-state index >= 15 is 0 Å². The third-order valence-electron chi connectivity index (χ3n) is 6.57. The van der Waals surface area contributed by atoms with Crippen molar-refractivity contribution in [3.63, 3.8) is 0 Å². The Kier molecular flexibility index (Phi) is 3.94. The van der Waals surface area contributed by atoms with Crippen LogP contribution in [0.2, 0.25) is 0 Å². The molecule has 138 valence electrons. The minimum absolute atomic E-state index is 0.646. The van der Waals surface area contributed by atoms with E-state index in [9.17, 15) is 0 Å². The van der Waals surface area contributed by atoms with Gasteiger partial charge in [-0.2, -0.15) is 0 Å². The lowest BCUT2D eigenvalue weighted by molar-refractivity contribution is 0.199. The molecule has 1 aliphatic carbocycles. The van der Waals surface area contributed by atoms with E-state index in [4.69, 9.17) is 0 Å². The van der Waals surface area contributed by atoms with E-state index in [0.29, 0.717) is 12.0 Å². The molecule has 3 aromatic rings. The van der Waals surface area contributed by atoms with Crippen LogP contribution in [0.3, 0.4) is 0 Å². The number of fused-ring (bicyclic) bond motifs is 5. The number of allylic oxidation sites excluding steroid dienone is 1. The van der Waals surface area contributed by atoms with Gasteiger partial charge in [-0.1, -0.05) is 18.1 Å². The van der Waals surface area contributed by atoms with Crippen LogP contribution in [0.15, 0.2) is 42.7 Å². The molecule has 2 unspecified atom stereocenters. The number of pyridine rings is 1. The predicted octanol–water partition coefficient (Wildman–Crippen LogP) is 5.44. The van der Waals surface area contributed by atoms with E-state index in [-0.39, 0.29) is 0 Å². The van der Waals surface area contributed by atoms with Gasteiger partial charge in [-0.05, 0) is 74.7 Å². The summed E-state index contributed by atoms with van der Waals surface area (Å²) in [6.07, 6.45) is 10.1. The summed E-state index contributed by atoms with van der Waals surface area (Å²) in [5.41, 5.74) is 8.31. The third-order valence-corrected chi connectivity index (χ3v) is 6.57. The zero-order valence-electron chi connectivity index (χ0n) is 16.4. The molecule has 0 spiro atoms. The van der Waals surface area contributed by atoms with Gasteiger partial charge in [0.05, 0.1) is 5.52 Å². The van der Waals surface area contributed by atoms with Crippen molar-refractivity contribution < 1.29 is 0 Å². The van der Waals surface area contributed by atoms with Gasteiger partial charge in [0.15, 0.2) is 0 Å². The van der Waals surface area contributed by atoms with E-state index in [2.05, 4.69) is 71.9 Å². The first-order valence-electron chi connectivity index (χ1n) is 10.1. The van der Waals surface area contributed by atoms with Crippen LogP contribution in [0.5, 0.6) is 0 Å². The van der Waals surface area contributed by atoms with Crippen molar-refractivity contribution in [1.29, 1.82) is 0 Å². The number of aryl methyl sites for hydroxylation is 1. The first-order valence-corrected chi connectivity index (χ1v) is 10.1. The smallest absolute Gasteiger partial charge is 0.0529 e. The SMILES string of the molecule is CC(=Cn1c2c(c3cc(C)ccc31)CN(C)C1CCCC21)c1ccncc1. The van der Waals surface area contributed by atoms with E-state index in [0.717, 1.165) is 6.54 Å². The summed E-state index contributed by atoms with van der Waals surface area (Å²) in [4.78, 5) is 6.76. The number of aromatic nitrogens is 2. The van der Waals surface area contributed by atoms with Gasteiger partial charge in [0, 0.05) is 48.2 Å². The number of rotatable bonds is 2. The standard InChI is InChI=1S/C24H27N3/c1-16-7-8-23-20(13-16)21-15-26(3)22-6-4-5-19(22)24(21)27(23)14-17(2)18-9-11-25-12-10-18/h7-14,19,22H,4-6,15H2,1-3H3. The molecular formula is C24H27N3. The lowest BCUT2D eigenvalue weighted by Gasteiger charge is -2.36. The molecule has 1 aliphatic heterocycles. The molecule has 2 atom stereocenters. The molecule has 2 aromatic heterocycles. The van der Waals surface area contributed by atoms with Crippen LogP contribution < -0.4 is 0 Å². The van der Waals surface area contributed by atoms with Gasteiger partial charge < -0.3 is 4.57 Å². The second-order valence-corrected chi connectivity index (χ2v) is 8.32. The lowest BCUT2D eigenvalue weighted by Crippen LogP contribution is -2.38. The number of hydrogen-bond acceptors (Lipinski definition) is 2. The first-order chi connectivity index (χ1) is 13.1. The molecule has 5 rings (SSSR count). The van der Waals surface area contributed by atoms with Gasteiger partial charge in [0.2, 0.25) is 0 Å². The Morgan fingerprint density at radius 1 is 1.15 bits per heavy atom. The van der Waals surface area contributed by atoms with E-state index in [1.807, 2.05) is 12.4 Å². The van der Waals surface area contributed by atoms with Gasteiger partial charge in [-0.3, -0.25) is 9.88 Å². The van der Waals surface area contributed by atoms with Crippen molar-refractivity contribution in [3.05, 3.63) is 65.1 Å². The molecule has 3 heterocycles. The summed E-state index contributed by atoms with van der Waals surface area (Å²) in [7, 11) is 2.31. The molecule has 0 N–H and O–H groups in total. The molecule has 3 nitrogen and oxygen atoms in total. The Morgan fingerprint density at radius 2 is 1.96 bits per heavy atom. The Balaban J connectivity index is 1.76. The monoisotopic (exact) mass is 357 g/mol. The van der Waals surface area contributed by atoms with Crippen LogP contribution in [0.4, 0.5) is 0 Å².